The molecule has 1 N–H and O–H groups in total. The highest BCUT2D eigenvalue weighted by Crippen LogP contribution is 2.37. The van der Waals surface area contributed by atoms with Gasteiger partial charge in [-0.3, -0.25) is 4.79 Å². The fourth-order valence-electron chi connectivity index (χ4n) is 1.89. The average Bonchev–Trinajstić information content (AvgIpc) is 2.58. The zero-order valence-electron chi connectivity index (χ0n) is 13.9. The Balaban J connectivity index is 3.07. The quantitative estimate of drug-likeness (QED) is 0.300. The molecule has 128 valence electrons. The van der Waals surface area contributed by atoms with Crippen LogP contribution in [-0.2, 0) is 4.79 Å². The van der Waals surface area contributed by atoms with Crippen LogP contribution in [0.4, 0.5) is 0 Å². The predicted octanol–water partition coefficient (Wildman–Crippen LogP) is 3.85. The summed E-state index contributed by atoms with van der Waals surface area (Å²) in [5.74, 6) is 0.662. The average molecular weight is 393 g/mol. The van der Waals surface area contributed by atoms with E-state index in [-0.39, 0.29) is 11.5 Å². The minimum absolute atomic E-state index is 0.0415. The van der Waals surface area contributed by atoms with E-state index in [0.717, 1.165) is 12.8 Å². The van der Waals surface area contributed by atoms with E-state index in [2.05, 4.69) is 27.8 Å². The van der Waals surface area contributed by atoms with Crippen LogP contribution in [0.2, 0.25) is 0 Å². The minimum Gasteiger partial charge on any atom is -0.493 e. The summed E-state index contributed by atoms with van der Waals surface area (Å²) in [5, 5.41) is 12.0. The molecule has 1 aromatic carbocycles. The molecule has 0 aliphatic carbocycles. The van der Waals surface area contributed by atoms with Crippen molar-refractivity contribution in [1.29, 1.82) is 5.26 Å². The highest BCUT2D eigenvalue weighted by atomic mass is 79.9. The number of nitrogens with zero attached hydrogens (tertiary/aromatic N) is 1. The molecule has 6 heteroatoms. The Morgan fingerprint density at radius 1 is 1.50 bits per heavy atom. The number of amides is 1. The smallest absolute Gasteiger partial charge is 0.261 e. The third kappa shape index (κ3) is 5.74. The van der Waals surface area contributed by atoms with Crippen LogP contribution in [0.15, 0.2) is 34.8 Å². The number of unbranched alkanes of at least 4 members (excludes halogenated alkanes) is 1. The Bertz CT molecular complexity index is 663. The zero-order valence-corrected chi connectivity index (χ0v) is 15.5. The van der Waals surface area contributed by atoms with E-state index in [1.54, 1.807) is 18.2 Å². The minimum atomic E-state index is -0.381. The molecule has 0 saturated carbocycles. The number of carbonyl (C=O) groups excluding carboxylic acids is 1. The van der Waals surface area contributed by atoms with Gasteiger partial charge in [-0.2, -0.15) is 5.26 Å². The lowest BCUT2D eigenvalue weighted by atomic mass is 10.1. The van der Waals surface area contributed by atoms with Crippen LogP contribution in [-0.4, -0.2) is 26.2 Å². The number of benzene rings is 1. The second-order valence-electron chi connectivity index (χ2n) is 4.91. The monoisotopic (exact) mass is 392 g/mol. The molecular weight excluding hydrogens is 372 g/mol. The topological polar surface area (TPSA) is 71.3 Å². The Kier molecular flexibility index (Phi) is 8.66. The molecule has 1 aromatic rings. The fraction of sp³-hybridized carbons (Fsp3) is 0.333. The molecule has 5 nitrogen and oxygen atoms in total. The largest absolute Gasteiger partial charge is 0.493 e. The van der Waals surface area contributed by atoms with E-state index >= 15 is 0 Å². The van der Waals surface area contributed by atoms with Crippen molar-refractivity contribution >= 4 is 27.9 Å². The number of nitrogens with one attached hydrogen (secondary N) is 1. The van der Waals surface area contributed by atoms with E-state index < -0.39 is 0 Å². The molecule has 0 aliphatic rings. The van der Waals surface area contributed by atoms with Crippen molar-refractivity contribution in [3.63, 3.8) is 0 Å². The highest BCUT2D eigenvalue weighted by Gasteiger charge is 2.13. The normalized spacial score (nSPS) is 10.7. The molecule has 0 aromatic heterocycles. The second kappa shape index (κ2) is 10.5. The summed E-state index contributed by atoms with van der Waals surface area (Å²) in [5.41, 5.74) is 0.701. The van der Waals surface area contributed by atoms with Crippen LogP contribution in [0.1, 0.15) is 25.3 Å². The van der Waals surface area contributed by atoms with Crippen LogP contribution in [0.3, 0.4) is 0 Å². The summed E-state index contributed by atoms with van der Waals surface area (Å²) in [7, 11) is 1.53. The van der Waals surface area contributed by atoms with Crippen molar-refractivity contribution in [2.45, 2.75) is 19.8 Å². The lowest BCUT2D eigenvalue weighted by Gasteiger charge is -2.12. The van der Waals surface area contributed by atoms with Gasteiger partial charge in [-0.15, -0.1) is 0 Å². The molecule has 0 radical (unpaired) electrons. The van der Waals surface area contributed by atoms with Gasteiger partial charge in [0.15, 0.2) is 11.5 Å². The van der Waals surface area contributed by atoms with Crippen molar-refractivity contribution in [3.05, 3.63) is 40.4 Å². The summed E-state index contributed by atoms with van der Waals surface area (Å²) >= 11 is 3.42. The SMILES string of the molecule is C=CCOc1c(Br)cc(C=C(C#N)C(=O)NCCCC)cc1OC. The summed E-state index contributed by atoms with van der Waals surface area (Å²) in [6.45, 7) is 6.53. The van der Waals surface area contributed by atoms with Gasteiger partial charge in [0.25, 0.3) is 5.91 Å². The van der Waals surface area contributed by atoms with Crippen molar-refractivity contribution in [1.82, 2.24) is 5.32 Å². The van der Waals surface area contributed by atoms with Crippen LogP contribution < -0.4 is 14.8 Å². The Morgan fingerprint density at radius 3 is 2.83 bits per heavy atom. The van der Waals surface area contributed by atoms with E-state index in [9.17, 15) is 10.1 Å². The first-order chi connectivity index (χ1) is 11.6. The number of carbonyl (C=O) groups is 1. The summed E-state index contributed by atoms with van der Waals surface area (Å²) in [6.07, 6.45) is 5.00. The first kappa shape index (κ1) is 19.8. The van der Waals surface area contributed by atoms with Gasteiger partial charge in [-0.1, -0.05) is 26.0 Å². The van der Waals surface area contributed by atoms with Crippen molar-refractivity contribution in [2.24, 2.45) is 0 Å². The third-order valence-corrected chi connectivity index (χ3v) is 3.68. The van der Waals surface area contributed by atoms with E-state index in [4.69, 9.17) is 9.47 Å². The third-order valence-electron chi connectivity index (χ3n) is 3.09. The number of nitriles is 1. The van der Waals surface area contributed by atoms with Crippen molar-refractivity contribution in [2.75, 3.05) is 20.3 Å². The number of methoxy groups -OCH3 is 1. The van der Waals surface area contributed by atoms with Gasteiger partial charge in [0.1, 0.15) is 18.2 Å². The second-order valence-corrected chi connectivity index (χ2v) is 5.77. The molecule has 1 rings (SSSR count). The Hall–Kier alpha value is -2.26. The van der Waals surface area contributed by atoms with Crippen molar-refractivity contribution in [3.8, 4) is 17.6 Å². The lowest BCUT2D eigenvalue weighted by molar-refractivity contribution is -0.117. The molecule has 0 fully saturated rings. The molecule has 0 unspecified atom stereocenters. The van der Waals surface area contributed by atoms with Gasteiger partial charge in [0.2, 0.25) is 0 Å². The standard InChI is InChI=1S/C18H21BrN2O3/c1-4-6-7-21-18(22)14(12-20)9-13-10-15(19)17(24-8-5-2)16(11-13)23-3/h5,9-11H,2,4,6-8H2,1,3H3,(H,21,22). The number of hydrogen-bond donors (Lipinski definition) is 1. The van der Waals surface area contributed by atoms with Crippen LogP contribution in [0.25, 0.3) is 6.08 Å². The van der Waals surface area contributed by atoms with Gasteiger partial charge >= 0.3 is 0 Å². The Labute approximate surface area is 151 Å². The first-order valence-corrected chi connectivity index (χ1v) is 8.37. The molecular formula is C18H21BrN2O3. The number of rotatable bonds is 9. The number of hydrogen-bond acceptors (Lipinski definition) is 4. The zero-order chi connectivity index (χ0) is 17.9. The van der Waals surface area contributed by atoms with Gasteiger partial charge in [0, 0.05) is 6.54 Å². The number of ether oxygens (including phenoxy) is 2. The lowest BCUT2D eigenvalue weighted by Crippen LogP contribution is -2.25. The molecule has 24 heavy (non-hydrogen) atoms. The molecule has 0 bridgehead atoms. The maximum absolute atomic E-state index is 12.0. The van der Waals surface area contributed by atoms with Crippen LogP contribution in [0, 0.1) is 11.3 Å². The van der Waals surface area contributed by atoms with Gasteiger partial charge < -0.3 is 14.8 Å². The fourth-order valence-corrected chi connectivity index (χ4v) is 2.47. The first-order valence-electron chi connectivity index (χ1n) is 7.58. The molecule has 0 spiro atoms. The van der Waals surface area contributed by atoms with Gasteiger partial charge in [-0.25, -0.2) is 0 Å². The summed E-state index contributed by atoms with van der Waals surface area (Å²) < 4.78 is 11.5. The molecule has 0 atom stereocenters. The van der Waals surface area contributed by atoms with E-state index in [0.29, 0.717) is 34.7 Å². The summed E-state index contributed by atoms with van der Waals surface area (Å²) in [4.78, 5) is 12.0. The molecule has 1 amide bonds. The molecule has 0 aliphatic heterocycles. The van der Waals surface area contributed by atoms with Gasteiger partial charge in [0.05, 0.1) is 11.6 Å². The summed E-state index contributed by atoms with van der Waals surface area (Å²) in [6, 6.07) is 5.40. The van der Waals surface area contributed by atoms with Crippen molar-refractivity contribution < 1.29 is 14.3 Å². The highest BCUT2D eigenvalue weighted by molar-refractivity contribution is 9.10. The Morgan fingerprint density at radius 2 is 2.25 bits per heavy atom. The van der Waals surface area contributed by atoms with E-state index in [1.165, 1.54) is 13.2 Å². The maximum atomic E-state index is 12.0. The molecule has 0 saturated heterocycles. The van der Waals surface area contributed by atoms with E-state index in [1.807, 2.05) is 13.0 Å². The predicted molar refractivity (Wildman–Crippen MR) is 97.9 cm³/mol. The van der Waals surface area contributed by atoms with Crippen LogP contribution >= 0.6 is 15.9 Å². The molecule has 0 heterocycles. The maximum Gasteiger partial charge on any atom is 0.261 e. The van der Waals surface area contributed by atoms with Crippen LogP contribution in [0.5, 0.6) is 11.5 Å². The number of halogens is 1. The van der Waals surface area contributed by atoms with Gasteiger partial charge in [-0.05, 0) is 46.1 Å².